The standard InChI is InChI=1S/C23H17F2N5O2S/c1-13-19(20(18-3-2-12-33-18)30-23(26-13)27-28-29-30)22(31)32-21(14-4-8-16(24)9-5-14)15-6-10-17(25)11-7-15/h2-12,20-21H,1H3,(H,26,27,29). The molecule has 5 rings (SSSR count). The van der Waals surface area contributed by atoms with E-state index in [0.29, 0.717) is 28.3 Å². The third kappa shape index (κ3) is 4.00. The van der Waals surface area contributed by atoms with Gasteiger partial charge in [-0.05, 0) is 64.2 Å². The van der Waals surface area contributed by atoms with Crippen molar-refractivity contribution in [1.82, 2.24) is 20.2 Å². The normalized spacial score (nSPS) is 15.3. The summed E-state index contributed by atoms with van der Waals surface area (Å²) in [5, 5.41) is 16.7. The fourth-order valence-electron chi connectivity index (χ4n) is 3.76. The van der Waals surface area contributed by atoms with E-state index in [0.717, 1.165) is 4.88 Å². The zero-order valence-electron chi connectivity index (χ0n) is 17.3. The van der Waals surface area contributed by atoms with E-state index in [1.54, 1.807) is 6.92 Å². The van der Waals surface area contributed by atoms with Crippen molar-refractivity contribution in [2.45, 2.75) is 19.1 Å². The Bertz CT molecular complexity index is 1270. The third-order valence-electron chi connectivity index (χ3n) is 5.32. The summed E-state index contributed by atoms with van der Waals surface area (Å²) in [4.78, 5) is 14.4. The molecule has 1 aliphatic heterocycles. The van der Waals surface area contributed by atoms with Crippen LogP contribution in [0.15, 0.2) is 77.3 Å². The molecule has 7 nitrogen and oxygen atoms in total. The lowest BCUT2D eigenvalue weighted by Gasteiger charge is -2.28. The van der Waals surface area contributed by atoms with E-state index in [-0.39, 0.29) is 0 Å². The Labute approximate surface area is 191 Å². The molecule has 2 aromatic carbocycles. The SMILES string of the molecule is CC1=C(C(=O)OC(c2ccc(F)cc2)c2ccc(F)cc2)C(c2cccs2)n2nnnc2N1. The predicted molar refractivity (Wildman–Crippen MR) is 117 cm³/mol. The summed E-state index contributed by atoms with van der Waals surface area (Å²) in [6, 6.07) is 14.5. The van der Waals surface area contributed by atoms with Gasteiger partial charge in [-0.15, -0.1) is 11.3 Å². The van der Waals surface area contributed by atoms with Gasteiger partial charge in [-0.3, -0.25) is 0 Å². The van der Waals surface area contributed by atoms with Crippen molar-refractivity contribution in [2.24, 2.45) is 0 Å². The first-order chi connectivity index (χ1) is 16.0. The van der Waals surface area contributed by atoms with Gasteiger partial charge in [0.05, 0.1) is 5.57 Å². The number of rotatable bonds is 5. The van der Waals surface area contributed by atoms with Gasteiger partial charge in [-0.2, -0.15) is 4.68 Å². The van der Waals surface area contributed by atoms with E-state index >= 15 is 0 Å². The number of aromatic nitrogens is 4. The van der Waals surface area contributed by atoms with Crippen molar-refractivity contribution < 1.29 is 18.3 Å². The first-order valence-corrected chi connectivity index (χ1v) is 10.9. The second-order valence-corrected chi connectivity index (χ2v) is 8.40. The molecule has 33 heavy (non-hydrogen) atoms. The monoisotopic (exact) mass is 465 g/mol. The minimum atomic E-state index is -0.877. The summed E-state index contributed by atoms with van der Waals surface area (Å²) in [7, 11) is 0. The Morgan fingerprint density at radius 1 is 1.06 bits per heavy atom. The number of hydrogen-bond acceptors (Lipinski definition) is 7. The third-order valence-corrected chi connectivity index (χ3v) is 6.24. The van der Waals surface area contributed by atoms with Crippen molar-refractivity contribution in [3.8, 4) is 0 Å². The molecule has 0 aliphatic carbocycles. The number of hydrogen-bond donors (Lipinski definition) is 1. The van der Waals surface area contributed by atoms with E-state index in [1.807, 2.05) is 17.5 Å². The van der Waals surface area contributed by atoms with Crippen LogP contribution in [-0.4, -0.2) is 26.2 Å². The second-order valence-electron chi connectivity index (χ2n) is 7.42. The van der Waals surface area contributed by atoms with Crippen LogP contribution in [0.5, 0.6) is 0 Å². The van der Waals surface area contributed by atoms with Gasteiger partial charge < -0.3 is 10.1 Å². The van der Waals surface area contributed by atoms with Crippen LogP contribution in [0.2, 0.25) is 0 Å². The molecule has 4 aromatic rings. The van der Waals surface area contributed by atoms with Crippen LogP contribution in [-0.2, 0) is 9.53 Å². The number of anilines is 1. The average Bonchev–Trinajstić information content (AvgIpc) is 3.50. The fourth-order valence-corrected chi connectivity index (χ4v) is 4.58. The minimum Gasteiger partial charge on any atom is -0.449 e. The van der Waals surface area contributed by atoms with Crippen LogP contribution >= 0.6 is 11.3 Å². The maximum absolute atomic E-state index is 13.6. The molecule has 1 aliphatic rings. The maximum atomic E-state index is 13.6. The Balaban J connectivity index is 1.54. The highest BCUT2D eigenvalue weighted by Crippen LogP contribution is 2.38. The molecule has 0 fully saturated rings. The number of ether oxygens (including phenoxy) is 1. The lowest BCUT2D eigenvalue weighted by atomic mass is 9.99. The lowest BCUT2D eigenvalue weighted by Crippen LogP contribution is -2.30. The quantitative estimate of drug-likeness (QED) is 0.433. The van der Waals surface area contributed by atoms with E-state index in [1.165, 1.54) is 64.5 Å². The summed E-state index contributed by atoms with van der Waals surface area (Å²) < 4.78 is 34.6. The van der Waals surface area contributed by atoms with Gasteiger partial charge in [-0.1, -0.05) is 35.4 Å². The maximum Gasteiger partial charge on any atom is 0.339 e. The number of fused-ring (bicyclic) bond motifs is 1. The number of tetrazole rings is 1. The Morgan fingerprint density at radius 2 is 1.70 bits per heavy atom. The zero-order chi connectivity index (χ0) is 22.9. The largest absolute Gasteiger partial charge is 0.449 e. The zero-order valence-corrected chi connectivity index (χ0v) is 18.1. The molecule has 0 bridgehead atoms. The smallest absolute Gasteiger partial charge is 0.339 e. The van der Waals surface area contributed by atoms with Gasteiger partial charge in [-0.25, -0.2) is 13.6 Å². The minimum absolute atomic E-state index is 0.339. The number of thiophene rings is 1. The Hall–Kier alpha value is -3.92. The van der Waals surface area contributed by atoms with Crippen molar-refractivity contribution in [2.75, 3.05) is 5.32 Å². The summed E-state index contributed by atoms with van der Waals surface area (Å²) in [5.41, 5.74) is 1.99. The van der Waals surface area contributed by atoms with Gasteiger partial charge in [0.2, 0.25) is 5.95 Å². The molecule has 3 heterocycles. The highest BCUT2D eigenvalue weighted by Gasteiger charge is 2.36. The summed E-state index contributed by atoms with van der Waals surface area (Å²) >= 11 is 1.47. The van der Waals surface area contributed by atoms with E-state index in [2.05, 4.69) is 20.8 Å². The van der Waals surface area contributed by atoms with Crippen LogP contribution in [0, 0.1) is 11.6 Å². The molecule has 1 N–H and O–H groups in total. The average molecular weight is 465 g/mol. The van der Waals surface area contributed by atoms with Crippen LogP contribution in [0.3, 0.4) is 0 Å². The van der Waals surface area contributed by atoms with Crippen LogP contribution in [0.1, 0.15) is 35.1 Å². The van der Waals surface area contributed by atoms with Crippen LogP contribution in [0.4, 0.5) is 14.7 Å². The summed E-state index contributed by atoms with van der Waals surface area (Å²) in [6.07, 6.45) is -0.877. The number of carbonyl (C=O) groups excluding carboxylic acids is 1. The summed E-state index contributed by atoms with van der Waals surface area (Å²) in [6.45, 7) is 1.75. The topological polar surface area (TPSA) is 81.9 Å². The van der Waals surface area contributed by atoms with Gasteiger partial charge in [0, 0.05) is 10.6 Å². The van der Waals surface area contributed by atoms with Gasteiger partial charge >= 0.3 is 5.97 Å². The van der Waals surface area contributed by atoms with Crippen LogP contribution in [0.25, 0.3) is 0 Å². The molecular formula is C23H17F2N5O2S. The molecule has 1 unspecified atom stereocenters. The van der Waals surface area contributed by atoms with Crippen LogP contribution < -0.4 is 5.32 Å². The lowest BCUT2D eigenvalue weighted by molar-refractivity contribution is -0.143. The second kappa shape index (κ2) is 8.55. The highest BCUT2D eigenvalue weighted by molar-refractivity contribution is 7.10. The molecule has 0 saturated heterocycles. The first kappa shape index (κ1) is 21.0. The van der Waals surface area contributed by atoms with Crippen molar-refractivity contribution in [1.29, 1.82) is 0 Å². The number of esters is 1. The number of allylic oxidation sites excluding steroid dienone is 1. The van der Waals surface area contributed by atoms with E-state index < -0.39 is 29.7 Å². The van der Waals surface area contributed by atoms with E-state index in [9.17, 15) is 13.6 Å². The highest BCUT2D eigenvalue weighted by atomic mass is 32.1. The number of nitrogens with one attached hydrogen (secondary N) is 1. The van der Waals surface area contributed by atoms with Gasteiger partial charge in [0.25, 0.3) is 0 Å². The molecule has 166 valence electrons. The summed E-state index contributed by atoms with van der Waals surface area (Å²) in [5.74, 6) is -1.02. The predicted octanol–water partition coefficient (Wildman–Crippen LogP) is 4.63. The first-order valence-electron chi connectivity index (χ1n) is 10.0. The fraction of sp³-hybridized carbons (Fsp3) is 0.130. The molecular weight excluding hydrogens is 448 g/mol. The molecule has 10 heteroatoms. The Kier molecular flexibility index (Phi) is 5.43. The van der Waals surface area contributed by atoms with Crippen molar-refractivity contribution >= 4 is 23.3 Å². The Morgan fingerprint density at radius 3 is 2.27 bits per heavy atom. The number of halogens is 2. The molecule has 0 radical (unpaired) electrons. The molecule has 0 saturated carbocycles. The molecule has 1 atom stereocenters. The van der Waals surface area contributed by atoms with E-state index in [4.69, 9.17) is 4.74 Å². The molecule has 2 aromatic heterocycles. The number of nitrogens with zero attached hydrogens (tertiary/aromatic N) is 4. The number of carbonyl (C=O) groups is 1. The van der Waals surface area contributed by atoms with Crippen molar-refractivity contribution in [3.63, 3.8) is 0 Å². The number of benzene rings is 2. The molecule has 0 spiro atoms. The van der Waals surface area contributed by atoms with Crippen molar-refractivity contribution in [3.05, 3.63) is 105 Å². The van der Waals surface area contributed by atoms with Gasteiger partial charge in [0.15, 0.2) is 6.10 Å². The van der Waals surface area contributed by atoms with Gasteiger partial charge in [0.1, 0.15) is 17.7 Å². The molecule has 0 amide bonds.